The minimum Gasteiger partial charge on any atom is -0.480 e. The van der Waals surface area contributed by atoms with Crippen LogP contribution in [-0.2, 0) is 11.3 Å². The molecule has 0 saturated carbocycles. The maximum atomic E-state index is 12.2. The van der Waals surface area contributed by atoms with Crippen LogP contribution in [0.15, 0.2) is 28.7 Å². The van der Waals surface area contributed by atoms with Gasteiger partial charge in [-0.15, -0.1) is 0 Å². The molecule has 1 aromatic rings. The quantitative estimate of drug-likeness (QED) is 0.864. The number of halogens is 1. The van der Waals surface area contributed by atoms with E-state index in [1.165, 1.54) is 9.80 Å². The van der Waals surface area contributed by atoms with Crippen molar-refractivity contribution < 1.29 is 14.7 Å². The summed E-state index contributed by atoms with van der Waals surface area (Å²) in [5, 5.41) is 8.84. The first kappa shape index (κ1) is 16.5. The van der Waals surface area contributed by atoms with Gasteiger partial charge < -0.3 is 14.9 Å². The zero-order valence-corrected chi connectivity index (χ0v) is 13.3. The van der Waals surface area contributed by atoms with Gasteiger partial charge in [0, 0.05) is 24.6 Å². The number of hydrogen-bond donors (Lipinski definition) is 1. The van der Waals surface area contributed by atoms with Crippen LogP contribution in [0.1, 0.15) is 18.9 Å². The first-order valence-electron chi connectivity index (χ1n) is 6.40. The van der Waals surface area contributed by atoms with Gasteiger partial charge in [0.1, 0.15) is 6.54 Å². The number of hydrogen-bond acceptors (Lipinski definition) is 2. The fourth-order valence-corrected chi connectivity index (χ4v) is 2.11. The maximum Gasteiger partial charge on any atom is 0.323 e. The lowest BCUT2D eigenvalue weighted by Crippen LogP contribution is -2.43. The molecule has 0 aromatic heterocycles. The summed E-state index contributed by atoms with van der Waals surface area (Å²) in [4.78, 5) is 25.9. The number of carbonyl (C=O) groups excluding carboxylic acids is 1. The van der Waals surface area contributed by atoms with Crippen molar-refractivity contribution in [2.75, 3.05) is 20.1 Å². The summed E-state index contributed by atoms with van der Waals surface area (Å²) < 4.78 is 0.980. The van der Waals surface area contributed by atoms with Gasteiger partial charge in [-0.2, -0.15) is 0 Å². The largest absolute Gasteiger partial charge is 0.480 e. The van der Waals surface area contributed by atoms with E-state index < -0.39 is 5.97 Å². The second-order valence-corrected chi connectivity index (χ2v) is 5.50. The third kappa shape index (κ3) is 5.21. The van der Waals surface area contributed by atoms with Crippen molar-refractivity contribution in [3.05, 3.63) is 34.3 Å². The predicted molar refractivity (Wildman–Crippen MR) is 80.5 cm³/mol. The van der Waals surface area contributed by atoms with Crippen LogP contribution in [-0.4, -0.2) is 47.0 Å². The Bertz CT molecular complexity index is 462. The lowest BCUT2D eigenvalue weighted by molar-refractivity contribution is -0.137. The summed E-state index contributed by atoms with van der Waals surface area (Å²) >= 11 is 3.36. The smallest absolute Gasteiger partial charge is 0.323 e. The molecule has 1 aromatic carbocycles. The minimum atomic E-state index is -0.996. The van der Waals surface area contributed by atoms with Crippen LogP contribution in [0.5, 0.6) is 0 Å². The van der Waals surface area contributed by atoms with E-state index in [0.717, 1.165) is 16.5 Å². The average Bonchev–Trinajstić information content (AvgIpc) is 2.39. The zero-order valence-electron chi connectivity index (χ0n) is 11.7. The van der Waals surface area contributed by atoms with Gasteiger partial charge in [-0.3, -0.25) is 4.79 Å². The second-order valence-electron chi connectivity index (χ2n) is 4.58. The van der Waals surface area contributed by atoms with Gasteiger partial charge in [-0.25, -0.2) is 4.79 Å². The molecule has 0 unspecified atom stereocenters. The van der Waals surface area contributed by atoms with Crippen LogP contribution in [0.3, 0.4) is 0 Å². The van der Waals surface area contributed by atoms with Crippen molar-refractivity contribution >= 4 is 27.9 Å². The highest BCUT2D eigenvalue weighted by Crippen LogP contribution is 2.12. The van der Waals surface area contributed by atoms with Crippen molar-refractivity contribution in [3.63, 3.8) is 0 Å². The number of urea groups is 1. The van der Waals surface area contributed by atoms with E-state index in [0.29, 0.717) is 13.1 Å². The molecular weight excluding hydrogens is 324 g/mol. The second kappa shape index (κ2) is 7.89. The Hall–Kier alpha value is -1.56. The van der Waals surface area contributed by atoms with Gasteiger partial charge in [0.2, 0.25) is 0 Å². The molecule has 1 rings (SSSR count). The lowest BCUT2D eigenvalue weighted by atomic mass is 10.2. The standard InChI is InChI=1S/C14H19BrN2O3/c1-3-8-17(10-13(18)19)14(20)16(2)9-11-4-6-12(15)7-5-11/h4-7H,3,8-10H2,1-2H3,(H,18,19). The van der Waals surface area contributed by atoms with Crippen molar-refractivity contribution in [1.82, 2.24) is 9.80 Å². The summed E-state index contributed by atoms with van der Waals surface area (Å²) in [6, 6.07) is 7.41. The molecule has 0 aliphatic carbocycles. The van der Waals surface area contributed by atoms with Crippen LogP contribution >= 0.6 is 15.9 Å². The fourth-order valence-electron chi connectivity index (χ4n) is 1.85. The summed E-state index contributed by atoms with van der Waals surface area (Å²) in [6.45, 7) is 2.54. The molecule has 0 fully saturated rings. The topological polar surface area (TPSA) is 60.9 Å². The molecule has 0 saturated heterocycles. The molecule has 0 aliphatic rings. The molecule has 2 amide bonds. The highest BCUT2D eigenvalue weighted by molar-refractivity contribution is 9.10. The van der Waals surface area contributed by atoms with E-state index in [9.17, 15) is 9.59 Å². The average molecular weight is 343 g/mol. The highest BCUT2D eigenvalue weighted by atomic mass is 79.9. The number of amides is 2. The first-order valence-corrected chi connectivity index (χ1v) is 7.19. The van der Waals surface area contributed by atoms with E-state index >= 15 is 0 Å². The first-order chi connectivity index (χ1) is 9.43. The lowest BCUT2D eigenvalue weighted by Gasteiger charge is -2.26. The molecule has 0 spiro atoms. The Morgan fingerprint density at radius 3 is 2.35 bits per heavy atom. The number of carboxylic acid groups (broad SMARTS) is 1. The minimum absolute atomic E-state index is 0.267. The maximum absolute atomic E-state index is 12.2. The summed E-state index contributed by atoms with van der Waals surface area (Å²) in [5.41, 5.74) is 0.996. The Kier molecular flexibility index (Phi) is 6.51. The molecule has 0 heterocycles. The molecule has 1 N–H and O–H groups in total. The Morgan fingerprint density at radius 1 is 1.25 bits per heavy atom. The molecule has 110 valence electrons. The summed E-state index contributed by atoms with van der Waals surface area (Å²) in [6.07, 6.45) is 0.727. The molecule has 0 aliphatic heterocycles. The van der Waals surface area contributed by atoms with Crippen LogP contribution in [0.2, 0.25) is 0 Å². The highest BCUT2D eigenvalue weighted by Gasteiger charge is 2.19. The third-order valence-electron chi connectivity index (χ3n) is 2.75. The van der Waals surface area contributed by atoms with E-state index in [2.05, 4.69) is 15.9 Å². The van der Waals surface area contributed by atoms with E-state index in [-0.39, 0.29) is 12.6 Å². The van der Waals surface area contributed by atoms with Crippen molar-refractivity contribution in [1.29, 1.82) is 0 Å². The molecule has 6 heteroatoms. The third-order valence-corrected chi connectivity index (χ3v) is 3.28. The molecule has 20 heavy (non-hydrogen) atoms. The van der Waals surface area contributed by atoms with E-state index in [1.807, 2.05) is 31.2 Å². The fraction of sp³-hybridized carbons (Fsp3) is 0.429. The number of nitrogens with zero attached hydrogens (tertiary/aromatic N) is 2. The Balaban J connectivity index is 2.67. The molecule has 0 radical (unpaired) electrons. The van der Waals surface area contributed by atoms with Gasteiger partial charge in [0.25, 0.3) is 0 Å². The van der Waals surface area contributed by atoms with E-state index in [4.69, 9.17) is 5.11 Å². The van der Waals surface area contributed by atoms with Gasteiger partial charge in [0.15, 0.2) is 0 Å². The number of carboxylic acids is 1. The van der Waals surface area contributed by atoms with Gasteiger partial charge >= 0.3 is 12.0 Å². The molecule has 0 bridgehead atoms. The predicted octanol–water partition coefficient (Wildman–Crippen LogP) is 2.80. The zero-order chi connectivity index (χ0) is 15.1. The Labute approximate surface area is 127 Å². The van der Waals surface area contributed by atoms with Crippen molar-refractivity contribution in [3.8, 4) is 0 Å². The van der Waals surface area contributed by atoms with E-state index in [1.54, 1.807) is 7.05 Å². The monoisotopic (exact) mass is 342 g/mol. The number of rotatable bonds is 6. The molecular formula is C14H19BrN2O3. The number of aliphatic carboxylic acids is 1. The molecule has 0 atom stereocenters. The van der Waals surface area contributed by atoms with Crippen molar-refractivity contribution in [2.24, 2.45) is 0 Å². The van der Waals surface area contributed by atoms with Crippen LogP contribution < -0.4 is 0 Å². The number of carbonyl (C=O) groups is 2. The summed E-state index contributed by atoms with van der Waals surface area (Å²) in [5.74, 6) is -0.996. The van der Waals surface area contributed by atoms with Crippen LogP contribution in [0.25, 0.3) is 0 Å². The molecule has 5 nitrogen and oxygen atoms in total. The number of benzene rings is 1. The summed E-state index contributed by atoms with van der Waals surface area (Å²) in [7, 11) is 1.68. The van der Waals surface area contributed by atoms with Crippen LogP contribution in [0.4, 0.5) is 4.79 Å². The van der Waals surface area contributed by atoms with Gasteiger partial charge in [0.05, 0.1) is 0 Å². The van der Waals surface area contributed by atoms with Gasteiger partial charge in [-0.05, 0) is 24.1 Å². The Morgan fingerprint density at radius 2 is 1.85 bits per heavy atom. The van der Waals surface area contributed by atoms with Gasteiger partial charge in [-0.1, -0.05) is 35.0 Å². The van der Waals surface area contributed by atoms with Crippen LogP contribution in [0, 0.1) is 0 Å². The normalized spacial score (nSPS) is 10.2. The van der Waals surface area contributed by atoms with Crippen molar-refractivity contribution in [2.45, 2.75) is 19.9 Å². The SMILES string of the molecule is CCCN(CC(=O)O)C(=O)N(C)Cc1ccc(Br)cc1.